The van der Waals surface area contributed by atoms with Crippen LogP contribution < -0.4 is 0 Å². The van der Waals surface area contributed by atoms with Gasteiger partial charge in [0.15, 0.2) is 0 Å². The maximum absolute atomic E-state index is 4.03. The molecule has 0 aromatic rings. The number of hydrogen-bond donors (Lipinski definition) is 0. The van der Waals surface area contributed by atoms with Crippen LogP contribution in [0.25, 0.3) is 0 Å². The van der Waals surface area contributed by atoms with Crippen molar-refractivity contribution in [3.8, 4) is 0 Å². The third kappa shape index (κ3) is 36.5. The average Bonchev–Trinajstić information content (AvgIpc) is 3.03. The Kier molecular flexibility index (Phi) is 39.2. The molecule has 0 aliphatic rings. The molecule has 0 saturated carbocycles. The fraction of sp³-hybridized carbons (Fsp3) is 0.977. The van der Waals surface area contributed by atoms with Crippen LogP contribution in [0.5, 0.6) is 0 Å². The second kappa shape index (κ2) is 39.2. The summed E-state index contributed by atoms with van der Waals surface area (Å²) < 4.78 is 0. The fourth-order valence-electron chi connectivity index (χ4n) is 7.51. The van der Waals surface area contributed by atoms with Crippen molar-refractivity contribution < 1.29 is 0 Å². The van der Waals surface area contributed by atoms with E-state index in [0.717, 1.165) is 18.3 Å². The Morgan fingerprint density at radius 3 is 0.886 bits per heavy atom. The van der Waals surface area contributed by atoms with Crippen molar-refractivity contribution in [1.82, 2.24) is 0 Å². The summed E-state index contributed by atoms with van der Waals surface area (Å²) >= 11 is 0. The van der Waals surface area contributed by atoms with Gasteiger partial charge < -0.3 is 0 Å². The highest BCUT2D eigenvalue weighted by molar-refractivity contribution is 4.62. The smallest absolute Gasteiger partial charge is 0.0414 e. The van der Waals surface area contributed by atoms with Crippen LogP contribution in [0.2, 0.25) is 0 Å². The van der Waals surface area contributed by atoms with E-state index in [0.29, 0.717) is 0 Å². The van der Waals surface area contributed by atoms with E-state index in [2.05, 4.69) is 27.7 Å². The number of unbranched alkanes of at least 4 members (excludes halogenated alkanes) is 29. The highest BCUT2D eigenvalue weighted by atomic mass is 14.1. The van der Waals surface area contributed by atoms with Crippen molar-refractivity contribution in [3.05, 3.63) is 6.92 Å². The zero-order valence-electron chi connectivity index (χ0n) is 31.7. The van der Waals surface area contributed by atoms with Crippen LogP contribution in [0.15, 0.2) is 0 Å². The van der Waals surface area contributed by atoms with Crippen LogP contribution in [-0.2, 0) is 0 Å². The Morgan fingerprint density at radius 2 is 0.568 bits per heavy atom. The Labute approximate surface area is 282 Å². The summed E-state index contributed by atoms with van der Waals surface area (Å²) in [7, 11) is 0. The van der Waals surface area contributed by atoms with Gasteiger partial charge in [0.25, 0.3) is 0 Å². The van der Waals surface area contributed by atoms with Crippen LogP contribution in [0, 0.1) is 18.8 Å². The van der Waals surface area contributed by atoms with Gasteiger partial charge in [-0.05, 0) is 11.8 Å². The van der Waals surface area contributed by atoms with Crippen LogP contribution in [0.3, 0.4) is 0 Å². The molecule has 0 heterocycles. The third-order valence-electron chi connectivity index (χ3n) is 10.7. The van der Waals surface area contributed by atoms with Gasteiger partial charge in [-0.2, -0.15) is 0 Å². The predicted molar refractivity (Wildman–Crippen MR) is 205 cm³/mol. The summed E-state index contributed by atoms with van der Waals surface area (Å²) in [6.07, 6.45) is 55.5. The van der Waals surface area contributed by atoms with E-state index in [1.165, 1.54) is 238 Å². The lowest BCUT2D eigenvalue weighted by Gasteiger charge is -2.16. The van der Waals surface area contributed by atoms with Crippen LogP contribution in [-0.4, -0.2) is 0 Å². The molecule has 0 nitrogen and oxygen atoms in total. The molecule has 0 aliphatic carbocycles. The first-order valence-corrected chi connectivity index (χ1v) is 21.5. The molecule has 0 spiro atoms. The molecule has 0 saturated heterocycles. The lowest BCUT2D eigenvalue weighted by atomic mass is 9.90. The van der Waals surface area contributed by atoms with E-state index in [1.54, 1.807) is 0 Å². The molecule has 44 heavy (non-hydrogen) atoms. The van der Waals surface area contributed by atoms with E-state index in [-0.39, 0.29) is 0 Å². The van der Waals surface area contributed by atoms with E-state index < -0.39 is 0 Å². The van der Waals surface area contributed by atoms with Crippen molar-refractivity contribution in [2.45, 2.75) is 265 Å². The first-order valence-electron chi connectivity index (χ1n) is 21.5. The maximum Gasteiger partial charge on any atom is -0.0414 e. The molecule has 0 amide bonds. The predicted octanol–water partition coefficient (Wildman–Crippen LogP) is 16.9. The molecule has 2 unspecified atom stereocenters. The average molecular weight is 618 g/mol. The van der Waals surface area contributed by atoms with Gasteiger partial charge in [-0.25, -0.2) is 0 Å². The van der Waals surface area contributed by atoms with Gasteiger partial charge in [-0.15, -0.1) is 0 Å². The quantitative estimate of drug-likeness (QED) is 0.0602. The summed E-state index contributed by atoms with van der Waals surface area (Å²) in [6, 6.07) is 0. The van der Waals surface area contributed by atoms with Crippen molar-refractivity contribution in [3.63, 3.8) is 0 Å². The fourth-order valence-corrected chi connectivity index (χ4v) is 7.51. The van der Waals surface area contributed by atoms with Crippen molar-refractivity contribution in [2.24, 2.45) is 11.8 Å². The van der Waals surface area contributed by atoms with Gasteiger partial charge >= 0.3 is 0 Å². The first-order chi connectivity index (χ1) is 21.7. The van der Waals surface area contributed by atoms with Gasteiger partial charge in [0.1, 0.15) is 0 Å². The Balaban J connectivity index is 3.20. The highest BCUT2D eigenvalue weighted by Crippen LogP contribution is 2.24. The van der Waals surface area contributed by atoms with Gasteiger partial charge in [-0.1, -0.05) is 272 Å². The van der Waals surface area contributed by atoms with E-state index in [4.69, 9.17) is 0 Å². The van der Waals surface area contributed by atoms with Crippen LogP contribution >= 0.6 is 0 Å². The summed E-state index contributed by atoms with van der Waals surface area (Å²) in [6.45, 7) is 11.2. The van der Waals surface area contributed by atoms with Gasteiger partial charge in [0, 0.05) is 0 Å². The topological polar surface area (TPSA) is 0 Å². The SMILES string of the molecule is [CH2]CCCC(CCC)CCCCC(C)CCCCCCCCCCCCCCCCCCCCCCCCCCCCCC. The van der Waals surface area contributed by atoms with Crippen LogP contribution in [0.4, 0.5) is 0 Å². The first kappa shape index (κ1) is 44.0. The molecule has 2 atom stereocenters. The standard InChI is InChI=1S/C44H89/c1-5-8-10-11-12-13-14-15-16-17-18-19-20-21-22-23-24-25-26-27-28-29-30-31-32-33-34-35-39-43(4)40-36-37-42-44(38-7-3)41-9-6-2/h43-44H,2,5-42H2,1,3-4H3. The van der Waals surface area contributed by atoms with Gasteiger partial charge in [-0.3, -0.25) is 0 Å². The minimum absolute atomic E-state index is 0.948. The molecule has 0 fully saturated rings. The molecule has 0 heteroatoms. The molecule has 0 aliphatic heterocycles. The number of hydrogen-bond acceptors (Lipinski definition) is 0. The molecule has 0 bridgehead atoms. The second-order valence-electron chi connectivity index (χ2n) is 15.4. The van der Waals surface area contributed by atoms with E-state index >= 15 is 0 Å². The summed E-state index contributed by atoms with van der Waals surface area (Å²) in [5.74, 6) is 1.93. The monoisotopic (exact) mass is 618 g/mol. The minimum atomic E-state index is 0.948. The second-order valence-corrected chi connectivity index (χ2v) is 15.4. The van der Waals surface area contributed by atoms with E-state index in [1.807, 2.05) is 0 Å². The summed E-state index contributed by atoms with van der Waals surface area (Å²) in [5, 5.41) is 0. The Morgan fingerprint density at radius 1 is 0.295 bits per heavy atom. The lowest BCUT2D eigenvalue weighted by molar-refractivity contribution is 0.371. The normalized spacial score (nSPS) is 13.1. The van der Waals surface area contributed by atoms with Crippen LogP contribution in [0.1, 0.15) is 265 Å². The molecule has 0 aromatic carbocycles. The molecule has 1 radical (unpaired) electrons. The molecule has 265 valence electrons. The Hall–Kier alpha value is 0. The minimum Gasteiger partial charge on any atom is -0.0654 e. The number of rotatable bonds is 39. The zero-order chi connectivity index (χ0) is 32.0. The highest BCUT2D eigenvalue weighted by Gasteiger charge is 2.08. The van der Waals surface area contributed by atoms with E-state index in [9.17, 15) is 0 Å². The molecule has 0 N–H and O–H groups in total. The summed E-state index contributed by atoms with van der Waals surface area (Å²) in [5.41, 5.74) is 0. The van der Waals surface area contributed by atoms with Crippen molar-refractivity contribution in [1.29, 1.82) is 0 Å². The Bertz CT molecular complexity index is 480. The van der Waals surface area contributed by atoms with Gasteiger partial charge in [0.05, 0.1) is 0 Å². The molecular formula is C44H89. The van der Waals surface area contributed by atoms with Gasteiger partial charge in [0.2, 0.25) is 0 Å². The lowest BCUT2D eigenvalue weighted by Crippen LogP contribution is -2.01. The largest absolute Gasteiger partial charge is 0.0654 e. The molecule has 0 rings (SSSR count). The third-order valence-corrected chi connectivity index (χ3v) is 10.7. The van der Waals surface area contributed by atoms with Crippen molar-refractivity contribution in [2.75, 3.05) is 0 Å². The maximum atomic E-state index is 4.03. The summed E-state index contributed by atoms with van der Waals surface area (Å²) in [4.78, 5) is 0. The molecule has 0 aromatic heterocycles. The van der Waals surface area contributed by atoms with Crippen molar-refractivity contribution >= 4 is 0 Å². The molecular weight excluding hydrogens is 528 g/mol. The zero-order valence-corrected chi connectivity index (χ0v) is 31.7.